The standard InChI is InChI=1S/C62H121NO5/c1-3-5-7-9-11-13-15-16-17-18-25-28-31-35-38-42-46-50-54-60(65)59(58-64)63-61(66)55-51-47-43-39-36-32-29-26-23-21-19-20-22-24-27-30-33-37-41-45-49-53-57-68-62(67)56-52-48-44-40-34-14-12-10-8-6-4-2/h10,12,59-60,64-65H,3-9,11,13-58H2,1-2H3,(H,63,66)/b12-10-. The molecule has 0 aromatic heterocycles. The lowest BCUT2D eigenvalue weighted by atomic mass is 10.0. The van der Waals surface area contributed by atoms with E-state index in [2.05, 4.69) is 31.3 Å². The van der Waals surface area contributed by atoms with Gasteiger partial charge in [-0.05, 0) is 44.9 Å². The van der Waals surface area contributed by atoms with Crippen LogP contribution < -0.4 is 5.32 Å². The lowest BCUT2D eigenvalue weighted by Gasteiger charge is -2.22. The molecule has 0 aliphatic rings. The van der Waals surface area contributed by atoms with Gasteiger partial charge in [-0.15, -0.1) is 0 Å². The van der Waals surface area contributed by atoms with Gasteiger partial charge < -0.3 is 20.3 Å². The van der Waals surface area contributed by atoms with Gasteiger partial charge in [0, 0.05) is 12.8 Å². The molecule has 2 atom stereocenters. The minimum absolute atomic E-state index is 0.00284. The van der Waals surface area contributed by atoms with Crippen molar-refractivity contribution in [1.82, 2.24) is 5.32 Å². The van der Waals surface area contributed by atoms with E-state index in [4.69, 9.17) is 4.74 Å². The molecule has 68 heavy (non-hydrogen) atoms. The molecule has 0 saturated heterocycles. The van der Waals surface area contributed by atoms with E-state index in [9.17, 15) is 19.8 Å². The molecule has 0 aromatic rings. The summed E-state index contributed by atoms with van der Waals surface area (Å²) < 4.78 is 5.46. The number of aliphatic hydroxyl groups excluding tert-OH is 2. The van der Waals surface area contributed by atoms with Gasteiger partial charge in [0.2, 0.25) is 5.91 Å². The number of ether oxygens (including phenoxy) is 1. The Kier molecular flexibility index (Phi) is 57.0. The number of carbonyl (C=O) groups excluding carboxylic acids is 2. The van der Waals surface area contributed by atoms with Crippen LogP contribution >= 0.6 is 0 Å². The second-order valence-corrected chi connectivity index (χ2v) is 21.4. The van der Waals surface area contributed by atoms with E-state index in [1.54, 1.807) is 0 Å². The molecule has 0 rings (SSSR count). The SMILES string of the molecule is CCCC/C=C\CCCCCCCC(=O)OCCCCCCCCCCCCCCCCCCCCCCCCC(=O)NC(CO)C(O)CCCCCCCCCCCCCCCCCCCC. The number of carbonyl (C=O) groups is 2. The number of amides is 1. The fourth-order valence-electron chi connectivity index (χ4n) is 9.80. The Morgan fingerprint density at radius 1 is 0.397 bits per heavy atom. The Morgan fingerprint density at radius 2 is 0.706 bits per heavy atom. The maximum absolute atomic E-state index is 12.5. The van der Waals surface area contributed by atoms with Gasteiger partial charge in [-0.25, -0.2) is 0 Å². The fourth-order valence-corrected chi connectivity index (χ4v) is 9.80. The molecule has 2 unspecified atom stereocenters. The van der Waals surface area contributed by atoms with Gasteiger partial charge in [0.05, 0.1) is 25.4 Å². The van der Waals surface area contributed by atoms with Crippen molar-refractivity contribution in [2.75, 3.05) is 13.2 Å². The highest BCUT2D eigenvalue weighted by Gasteiger charge is 2.20. The van der Waals surface area contributed by atoms with Crippen molar-refractivity contribution in [2.45, 2.75) is 360 Å². The quantitative estimate of drug-likeness (QED) is 0.0321. The van der Waals surface area contributed by atoms with E-state index in [1.807, 2.05) is 0 Å². The van der Waals surface area contributed by atoms with E-state index in [-0.39, 0.29) is 18.5 Å². The molecular formula is C62H121NO5. The first-order chi connectivity index (χ1) is 33.5. The van der Waals surface area contributed by atoms with Gasteiger partial charge in [0.15, 0.2) is 0 Å². The average molecular weight is 961 g/mol. The third-order valence-corrected chi connectivity index (χ3v) is 14.6. The first-order valence-electron chi connectivity index (χ1n) is 30.9. The fraction of sp³-hybridized carbons (Fsp3) is 0.935. The zero-order chi connectivity index (χ0) is 49.3. The van der Waals surface area contributed by atoms with Gasteiger partial charge in [-0.2, -0.15) is 0 Å². The number of aliphatic hydroxyl groups is 2. The van der Waals surface area contributed by atoms with Crippen molar-refractivity contribution in [3.05, 3.63) is 12.2 Å². The summed E-state index contributed by atoms with van der Waals surface area (Å²) in [5.41, 5.74) is 0. The lowest BCUT2D eigenvalue weighted by molar-refractivity contribution is -0.143. The maximum Gasteiger partial charge on any atom is 0.305 e. The van der Waals surface area contributed by atoms with Crippen LogP contribution in [0.25, 0.3) is 0 Å². The number of hydrogen-bond donors (Lipinski definition) is 3. The van der Waals surface area contributed by atoms with E-state index >= 15 is 0 Å². The van der Waals surface area contributed by atoms with Crippen molar-refractivity contribution in [2.24, 2.45) is 0 Å². The van der Waals surface area contributed by atoms with Crippen LogP contribution in [0.3, 0.4) is 0 Å². The molecule has 0 radical (unpaired) electrons. The van der Waals surface area contributed by atoms with Crippen LogP contribution in [0.15, 0.2) is 12.2 Å². The number of nitrogens with one attached hydrogen (secondary N) is 1. The third-order valence-electron chi connectivity index (χ3n) is 14.6. The number of hydrogen-bond acceptors (Lipinski definition) is 5. The second-order valence-electron chi connectivity index (χ2n) is 21.4. The zero-order valence-corrected chi connectivity index (χ0v) is 46.1. The Balaban J connectivity index is 3.38. The van der Waals surface area contributed by atoms with Crippen molar-refractivity contribution in [1.29, 1.82) is 0 Å². The maximum atomic E-state index is 12.5. The largest absolute Gasteiger partial charge is 0.466 e. The van der Waals surface area contributed by atoms with Crippen LogP contribution in [0.4, 0.5) is 0 Å². The molecule has 1 amide bonds. The molecule has 0 heterocycles. The zero-order valence-electron chi connectivity index (χ0n) is 46.1. The lowest BCUT2D eigenvalue weighted by Crippen LogP contribution is -2.45. The van der Waals surface area contributed by atoms with Crippen LogP contribution in [0.2, 0.25) is 0 Å². The van der Waals surface area contributed by atoms with Crippen LogP contribution in [0.1, 0.15) is 348 Å². The van der Waals surface area contributed by atoms with E-state index in [0.717, 1.165) is 44.9 Å². The first-order valence-corrected chi connectivity index (χ1v) is 30.9. The van der Waals surface area contributed by atoms with Crippen molar-refractivity contribution in [3.63, 3.8) is 0 Å². The summed E-state index contributed by atoms with van der Waals surface area (Å²) in [5, 5.41) is 23.3. The molecule has 0 fully saturated rings. The highest BCUT2D eigenvalue weighted by molar-refractivity contribution is 5.76. The van der Waals surface area contributed by atoms with Gasteiger partial charge in [0.25, 0.3) is 0 Å². The Bertz CT molecular complexity index is 1020. The Labute approximate surface area is 425 Å². The van der Waals surface area contributed by atoms with Gasteiger partial charge >= 0.3 is 5.97 Å². The Hall–Kier alpha value is -1.40. The number of unbranched alkanes of at least 4 members (excludes halogenated alkanes) is 45. The van der Waals surface area contributed by atoms with Crippen LogP contribution in [-0.2, 0) is 14.3 Å². The highest BCUT2D eigenvalue weighted by Crippen LogP contribution is 2.18. The molecule has 0 saturated carbocycles. The second kappa shape index (κ2) is 58.2. The summed E-state index contributed by atoms with van der Waals surface area (Å²) in [4.78, 5) is 24.5. The van der Waals surface area contributed by atoms with Crippen LogP contribution in [0, 0.1) is 0 Å². The smallest absolute Gasteiger partial charge is 0.305 e. The molecule has 0 aliphatic heterocycles. The van der Waals surface area contributed by atoms with E-state index in [0.29, 0.717) is 25.9 Å². The minimum Gasteiger partial charge on any atom is -0.466 e. The first kappa shape index (κ1) is 66.6. The molecule has 0 aliphatic carbocycles. The summed E-state index contributed by atoms with van der Waals surface area (Å²) in [7, 11) is 0. The average Bonchev–Trinajstić information content (AvgIpc) is 3.34. The molecule has 0 bridgehead atoms. The Morgan fingerprint density at radius 3 is 1.09 bits per heavy atom. The summed E-state index contributed by atoms with van der Waals surface area (Å²) in [6.45, 7) is 4.94. The van der Waals surface area contributed by atoms with E-state index < -0.39 is 12.1 Å². The minimum atomic E-state index is -0.664. The number of esters is 1. The molecule has 3 N–H and O–H groups in total. The number of allylic oxidation sites excluding steroid dienone is 2. The van der Waals surface area contributed by atoms with Crippen LogP contribution in [0.5, 0.6) is 0 Å². The molecule has 404 valence electrons. The molecular weight excluding hydrogens is 839 g/mol. The monoisotopic (exact) mass is 960 g/mol. The molecule has 6 heteroatoms. The van der Waals surface area contributed by atoms with Crippen molar-refractivity contribution in [3.8, 4) is 0 Å². The predicted octanol–water partition coefficient (Wildman–Crippen LogP) is 19.2. The number of rotatable bonds is 58. The van der Waals surface area contributed by atoms with Gasteiger partial charge in [-0.3, -0.25) is 9.59 Å². The summed E-state index contributed by atoms with van der Waals surface area (Å²) in [6.07, 6.45) is 69.3. The topological polar surface area (TPSA) is 95.9 Å². The van der Waals surface area contributed by atoms with E-state index in [1.165, 1.54) is 270 Å². The van der Waals surface area contributed by atoms with Crippen LogP contribution in [-0.4, -0.2) is 47.4 Å². The molecule has 6 nitrogen and oxygen atoms in total. The van der Waals surface area contributed by atoms with Gasteiger partial charge in [-0.1, -0.05) is 302 Å². The van der Waals surface area contributed by atoms with Gasteiger partial charge in [0.1, 0.15) is 0 Å². The summed E-state index contributed by atoms with van der Waals surface area (Å²) in [6, 6.07) is -0.541. The summed E-state index contributed by atoms with van der Waals surface area (Å²) >= 11 is 0. The third kappa shape index (κ3) is 53.9. The van der Waals surface area contributed by atoms with Crippen molar-refractivity contribution >= 4 is 11.9 Å². The highest BCUT2D eigenvalue weighted by atomic mass is 16.5. The summed E-state index contributed by atoms with van der Waals surface area (Å²) in [5.74, 6) is -0.0290. The molecule has 0 aromatic carbocycles. The van der Waals surface area contributed by atoms with Crippen molar-refractivity contribution < 1.29 is 24.5 Å². The predicted molar refractivity (Wildman–Crippen MR) is 297 cm³/mol. The normalized spacial score (nSPS) is 12.6. The molecule has 0 spiro atoms.